The van der Waals surface area contributed by atoms with Crippen molar-refractivity contribution >= 4 is 11.3 Å². The third kappa shape index (κ3) is 2.12. The van der Waals surface area contributed by atoms with Crippen molar-refractivity contribution in [3.05, 3.63) is 16.6 Å². The van der Waals surface area contributed by atoms with Crippen molar-refractivity contribution in [2.24, 2.45) is 11.8 Å². The molecule has 0 radical (unpaired) electrons. The van der Waals surface area contributed by atoms with Gasteiger partial charge in [0.1, 0.15) is 0 Å². The summed E-state index contributed by atoms with van der Waals surface area (Å²) in [4.78, 5) is 4.30. The molecule has 1 fully saturated rings. The van der Waals surface area contributed by atoms with Crippen LogP contribution in [0.5, 0.6) is 0 Å². The molecule has 2 rings (SSSR count). The Morgan fingerprint density at radius 3 is 2.93 bits per heavy atom. The second-order valence-electron chi connectivity index (χ2n) is 3.51. The monoisotopic (exact) mass is 213 g/mol. The number of nitrogens with zero attached hydrogens (tertiary/aromatic N) is 1. The number of hydrogen-bond donors (Lipinski definition) is 2. The average Bonchev–Trinajstić information content (AvgIpc) is 2.74. The highest BCUT2D eigenvalue weighted by Gasteiger charge is 2.25. The Hall–Kier alpha value is -0.490. The largest absolute Gasteiger partial charge is 0.381 e. The molecule has 1 atom stereocenters. The number of aromatic nitrogens is 1. The maximum Gasteiger partial charge on any atom is 0.0795 e. The smallest absolute Gasteiger partial charge is 0.0795 e. The van der Waals surface area contributed by atoms with Crippen molar-refractivity contribution in [1.29, 1.82) is 0 Å². The number of nitrogens with two attached hydrogens (primary N) is 1. The fraction of sp³-hybridized carbons (Fsp3) is 0.667. The Bertz CT molecular complexity index is 259. The van der Waals surface area contributed by atoms with E-state index >= 15 is 0 Å². The molecule has 3 N–H and O–H groups in total. The minimum Gasteiger partial charge on any atom is -0.381 e. The molecule has 1 aliphatic heterocycles. The molecule has 1 saturated heterocycles. The molecule has 1 aliphatic rings. The second kappa shape index (κ2) is 4.84. The van der Waals surface area contributed by atoms with Gasteiger partial charge in [0.2, 0.25) is 0 Å². The molecule has 1 aromatic rings. The van der Waals surface area contributed by atoms with Crippen LogP contribution in [0.1, 0.15) is 24.6 Å². The van der Waals surface area contributed by atoms with Crippen LogP contribution in [-0.2, 0) is 4.74 Å². The number of rotatable bonds is 3. The molecule has 0 aromatic carbocycles. The molecule has 14 heavy (non-hydrogen) atoms. The molecule has 0 bridgehead atoms. The van der Waals surface area contributed by atoms with E-state index in [1.165, 1.54) is 0 Å². The Balaban J connectivity index is 2.04. The van der Waals surface area contributed by atoms with E-state index in [9.17, 15) is 0 Å². The van der Waals surface area contributed by atoms with Gasteiger partial charge in [0, 0.05) is 18.6 Å². The van der Waals surface area contributed by atoms with Crippen molar-refractivity contribution in [2.75, 3.05) is 13.2 Å². The molecule has 0 saturated carbocycles. The second-order valence-corrected chi connectivity index (χ2v) is 4.23. The van der Waals surface area contributed by atoms with Gasteiger partial charge < -0.3 is 4.74 Å². The zero-order valence-corrected chi connectivity index (χ0v) is 8.80. The highest BCUT2D eigenvalue weighted by molar-refractivity contribution is 7.07. The van der Waals surface area contributed by atoms with Crippen LogP contribution in [0.4, 0.5) is 0 Å². The summed E-state index contributed by atoms with van der Waals surface area (Å²) >= 11 is 1.61. The van der Waals surface area contributed by atoms with Crippen molar-refractivity contribution in [3.8, 4) is 0 Å². The number of nitrogens with one attached hydrogen (secondary N) is 1. The molecular formula is C9H15N3OS. The first-order valence-electron chi connectivity index (χ1n) is 4.84. The maximum atomic E-state index is 5.57. The van der Waals surface area contributed by atoms with Gasteiger partial charge in [-0.05, 0) is 18.8 Å². The van der Waals surface area contributed by atoms with E-state index in [1.807, 2.05) is 5.51 Å². The summed E-state index contributed by atoms with van der Waals surface area (Å²) in [6.45, 7) is 1.68. The topological polar surface area (TPSA) is 60.2 Å². The van der Waals surface area contributed by atoms with Gasteiger partial charge in [0.05, 0.1) is 17.2 Å². The summed E-state index contributed by atoms with van der Waals surface area (Å²) in [5, 5.41) is 2.06. The Morgan fingerprint density at radius 1 is 1.57 bits per heavy atom. The van der Waals surface area contributed by atoms with Gasteiger partial charge in [-0.1, -0.05) is 0 Å². The van der Waals surface area contributed by atoms with E-state index in [1.54, 1.807) is 11.3 Å². The molecule has 4 nitrogen and oxygen atoms in total. The molecule has 2 heterocycles. The fourth-order valence-corrected chi connectivity index (χ4v) is 2.48. The number of hydrogen-bond acceptors (Lipinski definition) is 5. The van der Waals surface area contributed by atoms with E-state index in [4.69, 9.17) is 10.6 Å². The SMILES string of the molecule is NNC(c1cscn1)C1CCOCC1. The Kier molecular flexibility index (Phi) is 3.47. The third-order valence-corrected chi connectivity index (χ3v) is 3.29. The van der Waals surface area contributed by atoms with Crippen LogP contribution in [0.2, 0.25) is 0 Å². The zero-order valence-electron chi connectivity index (χ0n) is 7.98. The Labute approximate surface area is 87.4 Å². The lowest BCUT2D eigenvalue weighted by Gasteiger charge is -2.28. The van der Waals surface area contributed by atoms with Gasteiger partial charge in [0.15, 0.2) is 0 Å². The minimum atomic E-state index is 0.185. The maximum absolute atomic E-state index is 5.57. The van der Waals surface area contributed by atoms with Crippen LogP contribution >= 0.6 is 11.3 Å². The first-order chi connectivity index (χ1) is 6.92. The minimum absolute atomic E-state index is 0.185. The van der Waals surface area contributed by atoms with Gasteiger partial charge in [-0.25, -0.2) is 4.98 Å². The average molecular weight is 213 g/mol. The van der Waals surface area contributed by atoms with E-state index in [2.05, 4.69) is 15.8 Å². The summed E-state index contributed by atoms with van der Waals surface area (Å²) in [5.74, 6) is 6.12. The summed E-state index contributed by atoms with van der Waals surface area (Å²) in [6, 6.07) is 0.185. The van der Waals surface area contributed by atoms with Crippen LogP contribution in [0.25, 0.3) is 0 Å². The lowest BCUT2D eigenvalue weighted by atomic mass is 9.90. The Morgan fingerprint density at radius 2 is 2.36 bits per heavy atom. The van der Waals surface area contributed by atoms with E-state index in [-0.39, 0.29) is 6.04 Å². The quantitative estimate of drug-likeness (QED) is 0.582. The van der Waals surface area contributed by atoms with Crippen molar-refractivity contribution in [1.82, 2.24) is 10.4 Å². The summed E-state index contributed by atoms with van der Waals surface area (Å²) in [7, 11) is 0. The lowest BCUT2D eigenvalue weighted by Crippen LogP contribution is -2.36. The van der Waals surface area contributed by atoms with Crippen LogP contribution in [0.15, 0.2) is 10.9 Å². The molecule has 0 spiro atoms. The van der Waals surface area contributed by atoms with Crippen LogP contribution in [-0.4, -0.2) is 18.2 Å². The zero-order chi connectivity index (χ0) is 9.80. The third-order valence-electron chi connectivity index (χ3n) is 2.69. The van der Waals surface area contributed by atoms with Gasteiger partial charge >= 0.3 is 0 Å². The van der Waals surface area contributed by atoms with E-state index < -0.39 is 0 Å². The van der Waals surface area contributed by atoms with E-state index in [0.29, 0.717) is 5.92 Å². The van der Waals surface area contributed by atoms with Gasteiger partial charge in [-0.2, -0.15) is 0 Å². The van der Waals surface area contributed by atoms with Crippen LogP contribution < -0.4 is 11.3 Å². The van der Waals surface area contributed by atoms with E-state index in [0.717, 1.165) is 31.7 Å². The number of ether oxygens (including phenoxy) is 1. The standard InChI is InChI=1S/C9H15N3OS/c10-12-9(8-5-14-6-11-8)7-1-3-13-4-2-7/h5-7,9,12H,1-4,10H2. The predicted octanol–water partition coefficient (Wildman–Crippen LogP) is 1.07. The molecule has 5 heteroatoms. The molecule has 78 valence electrons. The number of hydrazine groups is 1. The van der Waals surface area contributed by atoms with Gasteiger partial charge in [-0.3, -0.25) is 11.3 Å². The molecule has 0 aliphatic carbocycles. The van der Waals surface area contributed by atoms with Crippen molar-refractivity contribution < 1.29 is 4.74 Å². The van der Waals surface area contributed by atoms with Crippen LogP contribution in [0, 0.1) is 5.92 Å². The highest BCUT2D eigenvalue weighted by atomic mass is 32.1. The van der Waals surface area contributed by atoms with Crippen molar-refractivity contribution in [3.63, 3.8) is 0 Å². The summed E-state index contributed by atoms with van der Waals surface area (Å²) < 4.78 is 5.33. The summed E-state index contributed by atoms with van der Waals surface area (Å²) in [5.41, 5.74) is 5.77. The highest BCUT2D eigenvalue weighted by Crippen LogP contribution is 2.28. The fourth-order valence-electron chi connectivity index (χ4n) is 1.89. The predicted molar refractivity (Wildman–Crippen MR) is 55.7 cm³/mol. The molecule has 0 amide bonds. The first kappa shape index (κ1) is 10.0. The molecular weight excluding hydrogens is 198 g/mol. The summed E-state index contributed by atoms with van der Waals surface area (Å²) in [6.07, 6.45) is 2.12. The van der Waals surface area contributed by atoms with Gasteiger partial charge in [-0.15, -0.1) is 11.3 Å². The van der Waals surface area contributed by atoms with Gasteiger partial charge in [0.25, 0.3) is 0 Å². The van der Waals surface area contributed by atoms with Crippen LogP contribution in [0.3, 0.4) is 0 Å². The lowest BCUT2D eigenvalue weighted by molar-refractivity contribution is 0.0531. The molecule has 1 aromatic heterocycles. The number of thiazole rings is 1. The molecule has 1 unspecified atom stereocenters. The van der Waals surface area contributed by atoms with Crippen molar-refractivity contribution in [2.45, 2.75) is 18.9 Å². The first-order valence-corrected chi connectivity index (χ1v) is 5.78. The normalized spacial score (nSPS) is 20.9.